The molecule has 4 rings (SSSR count). The lowest BCUT2D eigenvalue weighted by atomic mass is 9.67. The molecule has 1 aromatic heterocycles. The minimum absolute atomic E-state index is 0. The molecule has 27 heavy (non-hydrogen) atoms. The monoisotopic (exact) mass is 414 g/mol. The summed E-state index contributed by atoms with van der Waals surface area (Å²) in [5.74, 6) is 1.05. The highest BCUT2D eigenvalue weighted by Gasteiger charge is 2.35. The fourth-order valence-electron chi connectivity index (χ4n) is 5.24. The van der Waals surface area contributed by atoms with E-state index < -0.39 is 0 Å². The van der Waals surface area contributed by atoms with E-state index in [1.54, 1.807) is 0 Å². The van der Waals surface area contributed by atoms with Crippen LogP contribution in [-0.4, -0.2) is 35.6 Å². The lowest BCUT2D eigenvalue weighted by Crippen LogP contribution is -2.43. The fourth-order valence-corrected chi connectivity index (χ4v) is 5.24. The molecule has 0 amide bonds. The number of nitrogens with zero attached hydrogens (tertiary/aromatic N) is 2. The first-order valence-electron chi connectivity index (χ1n) is 10.5. The Kier molecular flexibility index (Phi) is 8.79. The van der Waals surface area contributed by atoms with Crippen molar-refractivity contribution in [1.29, 1.82) is 0 Å². The van der Waals surface area contributed by atoms with Gasteiger partial charge in [0.15, 0.2) is 0 Å². The third kappa shape index (κ3) is 5.56. The van der Waals surface area contributed by atoms with E-state index in [0.29, 0.717) is 11.5 Å². The van der Waals surface area contributed by atoms with Gasteiger partial charge in [-0.2, -0.15) is 0 Å². The number of hydrogen-bond acceptors (Lipinski definition) is 4. The van der Waals surface area contributed by atoms with Crippen molar-refractivity contribution >= 4 is 24.8 Å². The largest absolute Gasteiger partial charge is 0.317 e. The summed E-state index contributed by atoms with van der Waals surface area (Å²) in [6.07, 6.45) is 14.2. The Morgan fingerprint density at radius 3 is 2.44 bits per heavy atom. The van der Waals surface area contributed by atoms with Gasteiger partial charge in [0.1, 0.15) is 5.82 Å². The SMILES string of the molecule is Cc1nc(CCNC2CCC3(CCNCC3)CC2)nc2c1CCCC2.Cl.Cl. The Labute approximate surface area is 176 Å². The van der Waals surface area contributed by atoms with Crippen LogP contribution in [-0.2, 0) is 19.3 Å². The second kappa shape index (κ2) is 10.4. The van der Waals surface area contributed by atoms with Crippen LogP contribution in [0.15, 0.2) is 0 Å². The molecule has 0 unspecified atom stereocenters. The van der Waals surface area contributed by atoms with E-state index in [9.17, 15) is 0 Å². The Morgan fingerprint density at radius 1 is 1.00 bits per heavy atom. The number of piperidine rings is 1. The van der Waals surface area contributed by atoms with E-state index in [4.69, 9.17) is 9.97 Å². The zero-order valence-corrected chi connectivity index (χ0v) is 18.3. The molecule has 0 radical (unpaired) electrons. The van der Waals surface area contributed by atoms with Crippen molar-refractivity contribution in [2.45, 2.75) is 83.6 Å². The van der Waals surface area contributed by atoms with E-state index in [1.807, 2.05) is 0 Å². The van der Waals surface area contributed by atoms with Gasteiger partial charge in [0.25, 0.3) is 0 Å². The fraction of sp³-hybridized carbons (Fsp3) is 0.810. The predicted molar refractivity (Wildman–Crippen MR) is 116 cm³/mol. The number of rotatable bonds is 4. The van der Waals surface area contributed by atoms with Crippen molar-refractivity contribution < 1.29 is 0 Å². The van der Waals surface area contributed by atoms with Crippen LogP contribution in [0.5, 0.6) is 0 Å². The Bertz CT molecular complexity index is 592. The molecule has 6 heteroatoms. The molecule has 1 spiro atoms. The smallest absolute Gasteiger partial charge is 0.130 e. The van der Waals surface area contributed by atoms with Crippen LogP contribution in [0.1, 0.15) is 74.1 Å². The van der Waals surface area contributed by atoms with Crippen LogP contribution in [0.2, 0.25) is 0 Å². The molecule has 3 aliphatic rings. The van der Waals surface area contributed by atoms with Crippen LogP contribution in [0.4, 0.5) is 0 Å². The van der Waals surface area contributed by atoms with Crippen LogP contribution in [0.3, 0.4) is 0 Å². The van der Waals surface area contributed by atoms with Crippen molar-refractivity contribution in [2.24, 2.45) is 5.41 Å². The maximum atomic E-state index is 4.87. The molecule has 2 fully saturated rings. The molecule has 154 valence electrons. The van der Waals surface area contributed by atoms with E-state index in [0.717, 1.165) is 25.2 Å². The summed E-state index contributed by atoms with van der Waals surface area (Å²) in [6.45, 7) is 5.65. The summed E-state index contributed by atoms with van der Waals surface area (Å²) in [7, 11) is 0. The van der Waals surface area contributed by atoms with Crippen molar-refractivity contribution in [3.8, 4) is 0 Å². The van der Waals surface area contributed by atoms with Gasteiger partial charge in [-0.3, -0.25) is 0 Å². The Morgan fingerprint density at radius 2 is 1.70 bits per heavy atom. The molecule has 0 aromatic carbocycles. The molecule has 1 aliphatic heterocycles. The number of fused-ring (bicyclic) bond motifs is 1. The number of aryl methyl sites for hydroxylation is 2. The molecular formula is C21H36Cl2N4. The van der Waals surface area contributed by atoms with Gasteiger partial charge in [0.05, 0.1) is 0 Å². The van der Waals surface area contributed by atoms with Crippen LogP contribution in [0, 0.1) is 12.3 Å². The lowest BCUT2D eigenvalue weighted by molar-refractivity contribution is 0.116. The molecule has 2 aliphatic carbocycles. The van der Waals surface area contributed by atoms with Crippen molar-refractivity contribution in [1.82, 2.24) is 20.6 Å². The minimum atomic E-state index is 0. The molecule has 0 bridgehead atoms. The van der Waals surface area contributed by atoms with Gasteiger partial charge in [-0.1, -0.05) is 0 Å². The lowest BCUT2D eigenvalue weighted by Gasteiger charge is -2.43. The molecule has 1 aromatic rings. The van der Waals surface area contributed by atoms with Crippen LogP contribution >= 0.6 is 24.8 Å². The number of nitrogens with one attached hydrogen (secondary N) is 2. The summed E-state index contributed by atoms with van der Waals surface area (Å²) in [4.78, 5) is 9.65. The maximum absolute atomic E-state index is 4.87. The van der Waals surface area contributed by atoms with Gasteiger partial charge in [-0.15, -0.1) is 24.8 Å². The average molecular weight is 415 g/mol. The first-order valence-corrected chi connectivity index (χ1v) is 10.5. The van der Waals surface area contributed by atoms with Gasteiger partial charge in [-0.05, 0) is 95.2 Å². The van der Waals surface area contributed by atoms with Gasteiger partial charge in [-0.25, -0.2) is 9.97 Å². The van der Waals surface area contributed by atoms with Gasteiger partial charge in [0.2, 0.25) is 0 Å². The molecule has 1 saturated heterocycles. The normalized spacial score (nSPS) is 21.8. The molecule has 2 heterocycles. The Balaban J connectivity index is 0.00000131. The minimum Gasteiger partial charge on any atom is -0.317 e. The van der Waals surface area contributed by atoms with Crippen LogP contribution in [0.25, 0.3) is 0 Å². The van der Waals surface area contributed by atoms with E-state index in [-0.39, 0.29) is 24.8 Å². The van der Waals surface area contributed by atoms with Crippen LogP contribution < -0.4 is 10.6 Å². The number of aromatic nitrogens is 2. The molecule has 2 N–H and O–H groups in total. The topological polar surface area (TPSA) is 49.8 Å². The summed E-state index contributed by atoms with van der Waals surface area (Å²) in [6, 6.07) is 0.708. The summed E-state index contributed by atoms with van der Waals surface area (Å²) in [5, 5.41) is 7.31. The number of halogens is 2. The van der Waals surface area contributed by atoms with Crippen molar-refractivity contribution in [2.75, 3.05) is 19.6 Å². The first-order chi connectivity index (χ1) is 12.2. The number of hydrogen-bond donors (Lipinski definition) is 2. The Hall–Kier alpha value is -0.420. The third-order valence-electron chi connectivity index (χ3n) is 6.93. The standard InChI is InChI=1S/C21H34N4.2ClH/c1-16-18-4-2-3-5-19(18)25-20(24-16)8-13-23-17-6-9-21(10-7-17)11-14-22-15-12-21;;/h17,22-23H,2-15H2,1H3;2*1H. The summed E-state index contributed by atoms with van der Waals surface area (Å²) >= 11 is 0. The quantitative estimate of drug-likeness (QED) is 0.782. The predicted octanol–water partition coefficient (Wildman–Crippen LogP) is 3.95. The zero-order valence-electron chi connectivity index (χ0n) is 16.7. The van der Waals surface area contributed by atoms with E-state index >= 15 is 0 Å². The molecular weight excluding hydrogens is 379 g/mol. The molecule has 4 nitrogen and oxygen atoms in total. The highest BCUT2D eigenvalue weighted by Crippen LogP contribution is 2.43. The van der Waals surface area contributed by atoms with E-state index in [1.165, 1.54) is 87.8 Å². The van der Waals surface area contributed by atoms with Gasteiger partial charge >= 0.3 is 0 Å². The van der Waals surface area contributed by atoms with Gasteiger partial charge in [0, 0.05) is 30.4 Å². The molecule has 0 atom stereocenters. The third-order valence-corrected chi connectivity index (χ3v) is 6.93. The maximum Gasteiger partial charge on any atom is 0.130 e. The molecule has 1 saturated carbocycles. The second-order valence-corrected chi connectivity index (χ2v) is 8.59. The average Bonchev–Trinajstić information content (AvgIpc) is 2.64. The zero-order chi connectivity index (χ0) is 17.1. The second-order valence-electron chi connectivity index (χ2n) is 8.59. The van der Waals surface area contributed by atoms with Crippen molar-refractivity contribution in [3.05, 3.63) is 22.8 Å². The summed E-state index contributed by atoms with van der Waals surface area (Å²) in [5.41, 5.74) is 4.66. The van der Waals surface area contributed by atoms with E-state index in [2.05, 4.69) is 17.6 Å². The first kappa shape index (κ1) is 22.9. The van der Waals surface area contributed by atoms with Gasteiger partial charge < -0.3 is 10.6 Å². The highest BCUT2D eigenvalue weighted by molar-refractivity contribution is 5.85. The summed E-state index contributed by atoms with van der Waals surface area (Å²) < 4.78 is 0. The highest BCUT2D eigenvalue weighted by atomic mass is 35.5. The van der Waals surface area contributed by atoms with Crippen molar-refractivity contribution in [3.63, 3.8) is 0 Å².